The Morgan fingerprint density at radius 3 is 1.92 bits per heavy atom. The van der Waals surface area contributed by atoms with Crippen molar-refractivity contribution in [3.63, 3.8) is 0 Å². The van der Waals surface area contributed by atoms with Crippen molar-refractivity contribution in [3.8, 4) is 0 Å². The van der Waals surface area contributed by atoms with Gasteiger partial charge in [0, 0.05) is 19.0 Å². The molecule has 0 radical (unpaired) electrons. The minimum absolute atomic E-state index is 0.0176. The molecule has 3 fully saturated rings. The summed E-state index contributed by atoms with van der Waals surface area (Å²) < 4.78 is 0. The van der Waals surface area contributed by atoms with Gasteiger partial charge in [0.05, 0.1) is 11.8 Å². The van der Waals surface area contributed by atoms with E-state index in [-0.39, 0.29) is 48.6 Å². The number of imide groups is 1. The molecule has 1 aliphatic heterocycles. The Labute approximate surface area is 144 Å². The average Bonchev–Trinajstić information content (AvgIpc) is 2.80. The Balaban J connectivity index is 1.47. The molecule has 5 nitrogen and oxygen atoms in total. The summed E-state index contributed by atoms with van der Waals surface area (Å²) in [4.78, 5) is 38.4. The van der Waals surface area contributed by atoms with Gasteiger partial charge in [-0.3, -0.25) is 19.3 Å². The van der Waals surface area contributed by atoms with Crippen molar-refractivity contribution >= 4 is 17.7 Å². The van der Waals surface area contributed by atoms with E-state index in [9.17, 15) is 14.4 Å². The fourth-order valence-electron chi connectivity index (χ4n) is 4.57. The molecule has 0 aromatic carbocycles. The Morgan fingerprint density at radius 1 is 0.833 bits per heavy atom. The van der Waals surface area contributed by atoms with Gasteiger partial charge in [-0.15, -0.1) is 0 Å². The van der Waals surface area contributed by atoms with Gasteiger partial charge in [-0.1, -0.05) is 44.9 Å². The summed E-state index contributed by atoms with van der Waals surface area (Å²) in [6.45, 7) is 0.253. The highest BCUT2D eigenvalue weighted by atomic mass is 16.2. The first-order chi connectivity index (χ1) is 11.7. The molecule has 0 spiro atoms. The summed E-state index contributed by atoms with van der Waals surface area (Å²) in [6.07, 6.45) is 12.3. The van der Waals surface area contributed by atoms with Crippen LogP contribution in [0.15, 0.2) is 0 Å². The second-order valence-corrected chi connectivity index (χ2v) is 7.69. The predicted octanol–water partition coefficient (Wildman–Crippen LogP) is 2.78. The van der Waals surface area contributed by atoms with Crippen molar-refractivity contribution in [2.75, 3.05) is 6.54 Å². The number of rotatable bonds is 4. The van der Waals surface area contributed by atoms with Crippen LogP contribution in [0.1, 0.15) is 77.0 Å². The van der Waals surface area contributed by atoms with Gasteiger partial charge in [0.15, 0.2) is 0 Å². The van der Waals surface area contributed by atoms with Gasteiger partial charge in [0.1, 0.15) is 0 Å². The zero-order valence-electron chi connectivity index (χ0n) is 14.6. The fraction of sp³-hybridized carbons (Fsp3) is 0.842. The monoisotopic (exact) mass is 334 g/mol. The van der Waals surface area contributed by atoms with E-state index in [4.69, 9.17) is 0 Å². The molecule has 24 heavy (non-hydrogen) atoms. The highest BCUT2D eigenvalue weighted by Gasteiger charge is 2.47. The molecular formula is C19H30N2O3. The smallest absolute Gasteiger partial charge is 0.233 e. The number of likely N-dealkylation sites (tertiary alicyclic amines) is 1. The number of fused-ring (bicyclic) bond motifs is 1. The molecule has 0 aromatic heterocycles. The molecule has 3 aliphatic rings. The molecule has 3 rings (SSSR count). The third-order valence-corrected chi connectivity index (χ3v) is 5.97. The molecule has 0 unspecified atom stereocenters. The van der Waals surface area contributed by atoms with E-state index >= 15 is 0 Å². The highest BCUT2D eigenvalue weighted by Crippen LogP contribution is 2.37. The van der Waals surface area contributed by atoms with Crippen molar-refractivity contribution < 1.29 is 14.4 Å². The molecule has 1 heterocycles. The SMILES string of the molecule is O=C(CCN1C(=O)[C@H]2CCCC[C@H]2C1=O)NC1CCCCCCC1. The predicted molar refractivity (Wildman–Crippen MR) is 91.0 cm³/mol. The lowest BCUT2D eigenvalue weighted by atomic mass is 9.81. The lowest BCUT2D eigenvalue weighted by Crippen LogP contribution is -2.39. The Hall–Kier alpha value is -1.39. The molecular weight excluding hydrogens is 304 g/mol. The van der Waals surface area contributed by atoms with Gasteiger partial charge in [-0.25, -0.2) is 0 Å². The Bertz CT molecular complexity index is 459. The number of amides is 3. The summed E-state index contributed by atoms with van der Waals surface area (Å²) in [5.74, 6) is -0.317. The van der Waals surface area contributed by atoms with Crippen LogP contribution in [0.4, 0.5) is 0 Å². The van der Waals surface area contributed by atoms with Crippen molar-refractivity contribution in [2.45, 2.75) is 83.1 Å². The second-order valence-electron chi connectivity index (χ2n) is 7.69. The molecule has 2 atom stereocenters. The third-order valence-electron chi connectivity index (χ3n) is 5.97. The van der Waals surface area contributed by atoms with Crippen LogP contribution >= 0.6 is 0 Å². The van der Waals surface area contributed by atoms with Crippen molar-refractivity contribution in [1.29, 1.82) is 0 Å². The lowest BCUT2D eigenvalue weighted by molar-refractivity contribution is -0.140. The van der Waals surface area contributed by atoms with E-state index in [1.165, 1.54) is 37.0 Å². The van der Waals surface area contributed by atoms with Crippen molar-refractivity contribution in [1.82, 2.24) is 10.2 Å². The zero-order chi connectivity index (χ0) is 16.9. The van der Waals surface area contributed by atoms with Gasteiger partial charge in [0.2, 0.25) is 17.7 Å². The quantitative estimate of drug-likeness (QED) is 0.804. The summed E-state index contributed by atoms with van der Waals surface area (Å²) in [5.41, 5.74) is 0. The first kappa shape index (κ1) is 17.4. The minimum atomic E-state index is -0.111. The van der Waals surface area contributed by atoms with Gasteiger partial charge in [-0.05, 0) is 25.7 Å². The minimum Gasteiger partial charge on any atom is -0.353 e. The van der Waals surface area contributed by atoms with Crippen LogP contribution in [-0.4, -0.2) is 35.2 Å². The average molecular weight is 334 g/mol. The number of nitrogens with zero attached hydrogens (tertiary/aromatic N) is 1. The maximum Gasteiger partial charge on any atom is 0.233 e. The summed E-state index contributed by atoms with van der Waals surface area (Å²) in [7, 11) is 0. The first-order valence-corrected chi connectivity index (χ1v) is 9.81. The topological polar surface area (TPSA) is 66.5 Å². The van der Waals surface area contributed by atoms with Gasteiger partial charge >= 0.3 is 0 Å². The number of hydrogen-bond acceptors (Lipinski definition) is 3. The van der Waals surface area contributed by atoms with Crippen LogP contribution in [0.3, 0.4) is 0 Å². The van der Waals surface area contributed by atoms with E-state index in [1.807, 2.05) is 0 Å². The molecule has 134 valence electrons. The summed E-state index contributed by atoms with van der Waals surface area (Å²) in [5, 5.41) is 3.11. The lowest BCUT2D eigenvalue weighted by Gasteiger charge is -2.21. The number of nitrogens with one attached hydrogen (secondary N) is 1. The molecule has 1 N–H and O–H groups in total. The van der Waals surface area contributed by atoms with Gasteiger partial charge in [0.25, 0.3) is 0 Å². The maximum atomic E-state index is 12.4. The molecule has 0 aromatic rings. The highest BCUT2D eigenvalue weighted by molar-refractivity contribution is 6.05. The van der Waals surface area contributed by atoms with Crippen molar-refractivity contribution in [2.24, 2.45) is 11.8 Å². The van der Waals surface area contributed by atoms with Crippen LogP contribution < -0.4 is 5.32 Å². The van der Waals surface area contributed by atoms with Crippen LogP contribution in [0.25, 0.3) is 0 Å². The van der Waals surface area contributed by atoms with E-state index < -0.39 is 0 Å². The van der Waals surface area contributed by atoms with Crippen LogP contribution in [0.5, 0.6) is 0 Å². The molecule has 3 amide bonds. The van der Waals surface area contributed by atoms with Gasteiger partial charge < -0.3 is 5.32 Å². The third kappa shape index (κ3) is 3.98. The maximum absolute atomic E-state index is 12.4. The largest absolute Gasteiger partial charge is 0.353 e. The summed E-state index contributed by atoms with van der Waals surface area (Å²) in [6, 6.07) is 0.269. The van der Waals surface area contributed by atoms with Crippen LogP contribution in [0, 0.1) is 11.8 Å². The van der Waals surface area contributed by atoms with Crippen LogP contribution in [-0.2, 0) is 14.4 Å². The normalized spacial score (nSPS) is 29.1. The second kappa shape index (κ2) is 8.13. The Kier molecular flexibility index (Phi) is 5.90. The van der Waals surface area contributed by atoms with E-state index in [0.717, 1.165) is 38.5 Å². The first-order valence-electron chi connectivity index (χ1n) is 9.81. The fourth-order valence-corrected chi connectivity index (χ4v) is 4.57. The van der Waals surface area contributed by atoms with Crippen LogP contribution in [0.2, 0.25) is 0 Å². The number of carbonyl (C=O) groups excluding carboxylic acids is 3. The van der Waals surface area contributed by atoms with Crippen molar-refractivity contribution in [3.05, 3.63) is 0 Å². The molecule has 2 saturated carbocycles. The number of carbonyl (C=O) groups is 3. The zero-order valence-corrected chi connectivity index (χ0v) is 14.6. The van der Waals surface area contributed by atoms with Gasteiger partial charge in [-0.2, -0.15) is 0 Å². The standard InChI is InChI=1S/C19H30N2O3/c22-17(20-14-8-4-2-1-3-5-9-14)12-13-21-18(23)15-10-6-7-11-16(15)19(21)24/h14-16H,1-13H2,(H,20,22)/t15-,16+. The molecule has 2 aliphatic carbocycles. The van der Waals surface area contributed by atoms with E-state index in [1.54, 1.807) is 0 Å². The molecule has 1 saturated heterocycles. The van der Waals surface area contributed by atoms with E-state index in [2.05, 4.69) is 5.32 Å². The molecule has 5 heteroatoms. The number of hydrogen-bond donors (Lipinski definition) is 1. The Morgan fingerprint density at radius 2 is 1.33 bits per heavy atom. The van der Waals surface area contributed by atoms with E-state index in [0.29, 0.717) is 0 Å². The summed E-state index contributed by atoms with van der Waals surface area (Å²) >= 11 is 0. The molecule has 0 bridgehead atoms.